The molecule has 130 valence electrons. The van der Waals surface area contributed by atoms with Gasteiger partial charge in [0.05, 0.1) is 14.2 Å². The Morgan fingerprint density at radius 1 is 1.04 bits per heavy atom. The summed E-state index contributed by atoms with van der Waals surface area (Å²) in [6.45, 7) is 2.37. The highest BCUT2D eigenvalue weighted by atomic mass is 32.2. The standard InChI is InChI=1S/C18H23NO4S/c1-14(11-15-7-5-4-6-8-15)13-19-24(20,21)18-10-9-16(22-2)12-17(18)23-3/h4-10,12,14,19H,11,13H2,1-3H3. The lowest BCUT2D eigenvalue weighted by atomic mass is 10.0. The van der Waals surface area contributed by atoms with Crippen molar-refractivity contribution in [1.82, 2.24) is 4.72 Å². The van der Waals surface area contributed by atoms with Gasteiger partial charge >= 0.3 is 0 Å². The van der Waals surface area contributed by atoms with Crippen LogP contribution in [0.15, 0.2) is 53.4 Å². The summed E-state index contributed by atoms with van der Waals surface area (Å²) in [4.78, 5) is 0.109. The number of methoxy groups -OCH3 is 2. The van der Waals surface area contributed by atoms with Gasteiger partial charge in [-0.3, -0.25) is 0 Å². The van der Waals surface area contributed by atoms with Crippen LogP contribution < -0.4 is 14.2 Å². The fraction of sp³-hybridized carbons (Fsp3) is 0.333. The highest BCUT2D eigenvalue weighted by Crippen LogP contribution is 2.28. The number of hydrogen-bond donors (Lipinski definition) is 1. The third kappa shape index (κ3) is 4.72. The van der Waals surface area contributed by atoms with E-state index >= 15 is 0 Å². The maximum Gasteiger partial charge on any atom is 0.244 e. The first-order valence-electron chi connectivity index (χ1n) is 7.72. The van der Waals surface area contributed by atoms with Crippen molar-refractivity contribution in [1.29, 1.82) is 0 Å². The summed E-state index contributed by atoms with van der Waals surface area (Å²) in [5.41, 5.74) is 1.19. The zero-order valence-electron chi connectivity index (χ0n) is 14.2. The molecule has 1 atom stereocenters. The molecule has 5 nitrogen and oxygen atoms in total. The lowest BCUT2D eigenvalue weighted by Crippen LogP contribution is -2.29. The first-order chi connectivity index (χ1) is 11.5. The van der Waals surface area contributed by atoms with Crippen LogP contribution in [-0.2, 0) is 16.4 Å². The molecule has 0 saturated heterocycles. The fourth-order valence-electron chi connectivity index (χ4n) is 2.42. The zero-order valence-corrected chi connectivity index (χ0v) is 15.0. The van der Waals surface area contributed by atoms with E-state index in [2.05, 4.69) is 4.72 Å². The van der Waals surface area contributed by atoms with Crippen LogP contribution in [-0.4, -0.2) is 29.2 Å². The average molecular weight is 349 g/mol. The van der Waals surface area contributed by atoms with Gasteiger partial charge in [-0.1, -0.05) is 37.3 Å². The number of hydrogen-bond acceptors (Lipinski definition) is 4. The van der Waals surface area contributed by atoms with Crippen LogP contribution in [0.2, 0.25) is 0 Å². The van der Waals surface area contributed by atoms with E-state index in [1.54, 1.807) is 12.1 Å². The molecule has 0 aromatic heterocycles. The molecule has 24 heavy (non-hydrogen) atoms. The van der Waals surface area contributed by atoms with Gasteiger partial charge in [0.25, 0.3) is 0 Å². The number of rotatable bonds is 8. The number of sulfonamides is 1. The van der Waals surface area contributed by atoms with Gasteiger partial charge < -0.3 is 9.47 Å². The van der Waals surface area contributed by atoms with Gasteiger partial charge in [-0.2, -0.15) is 0 Å². The topological polar surface area (TPSA) is 64.6 Å². The molecule has 0 aliphatic heterocycles. The first-order valence-corrected chi connectivity index (χ1v) is 9.20. The predicted octanol–water partition coefficient (Wildman–Crippen LogP) is 2.86. The third-order valence-corrected chi connectivity index (χ3v) is 5.17. The van der Waals surface area contributed by atoms with Crippen molar-refractivity contribution in [2.75, 3.05) is 20.8 Å². The molecule has 1 N–H and O–H groups in total. The largest absolute Gasteiger partial charge is 0.497 e. The molecule has 0 heterocycles. The Kier molecular flexibility index (Phi) is 6.23. The molecule has 0 saturated carbocycles. The smallest absolute Gasteiger partial charge is 0.244 e. The Morgan fingerprint density at radius 3 is 2.38 bits per heavy atom. The lowest BCUT2D eigenvalue weighted by Gasteiger charge is -2.15. The van der Waals surface area contributed by atoms with E-state index < -0.39 is 10.0 Å². The summed E-state index contributed by atoms with van der Waals surface area (Å²) in [6.07, 6.45) is 0.809. The van der Waals surface area contributed by atoms with Crippen molar-refractivity contribution in [3.8, 4) is 11.5 Å². The van der Waals surface area contributed by atoms with Gasteiger partial charge in [-0.25, -0.2) is 13.1 Å². The van der Waals surface area contributed by atoms with Crippen LogP contribution in [0.25, 0.3) is 0 Å². The molecular formula is C18H23NO4S. The van der Waals surface area contributed by atoms with Crippen molar-refractivity contribution in [3.63, 3.8) is 0 Å². The van der Waals surface area contributed by atoms with Gasteiger partial charge in [0.2, 0.25) is 10.0 Å². The molecule has 0 spiro atoms. The minimum Gasteiger partial charge on any atom is -0.497 e. The molecule has 0 bridgehead atoms. The monoisotopic (exact) mass is 349 g/mol. The first kappa shape index (κ1) is 18.3. The van der Waals surface area contributed by atoms with Crippen LogP contribution in [0.4, 0.5) is 0 Å². The summed E-state index contributed by atoms with van der Waals surface area (Å²) in [7, 11) is -0.689. The summed E-state index contributed by atoms with van der Waals surface area (Å²) < 4.78 is 38.0. The molecule has 6 heteroatoms. The van der Waals surface area contributed by atoms with Crippen LogP contribution in [0.3, 0.4) is 0 Å². The van der Waals surface area contributed by atoms with Crippen LogP contribution in [0.5, 0.6) is 11.5 Å². The molecule has 0 fully saturated rings. The molecule has 0 aliphatic carbocycles. The zero-order chi connectivity index (χ0) is 17.6. The second-order valence-electron chi connectivity index (χ2n) is 5.66. The molecule has 2 aromatic carbocycles. The second-order valence-corrected chi connectivity index (χ2v) is 7.40. The SMILES string of the molecule is COc1ccc(S(=O)(=O)NCC(C)Cc2ccccc2)c(OC)c1. The van der Waals surface area contributed by atoms with Crippen LogP contribution >= 0.6 is 0 Å². The van der Waals surface area contributed by atoms with Crippen LogP contribution in [0, 0.1) is 5.92 Å². The highest BCUT2D eigenvalue weighted by molar-refractivity contribution is 7.89. The van der Waals surface area contributed by atoms with E-state index in [1.165, 1.54) is 25.8 Å². The maximum atomic E-state index is 12.5. The van der Waals surface area contributed by atoms with Crippen molar-refractivity contribution >= 4 is 10.0 Å². The molecule has 1 unspecified atom stereocenters. The number of ether oxygens (including phenoxy) is 2. The predicted molar refractivity (Wildman–Crippen MR) is 94.0 cm³/mol. The summed E-state index contributed by atoms with van der Waals surface area (Å²) in [6, 6.07) is 14.7. The molecule has 2 aromatic rings. The van der Waals surface area contributed by atoms with Crippen LogP contribution in [0.1, 0.15) is 12.5 Å². The van der Waals surface area contributed by atoms with E-state index in [9.17, 15) is 8.42 Å². The van der Waals surface area contributed by atoms with E-state index in [0.29, 0.717) is 12.3 Å². The average Bonchev–Trinajstić information content (AvgIpc) is 2.60. The van der Waals surface area contributed by atoms with Gasteiger partial charge in [0.15, 0.2) is 0 Å². The van der Waals surface area contributed by atoms with Crippen molar-refractivity contribution in [3.05, 3.63) is 54.1 Å². The van der Waals surface area contributed by atoms with E-state index in [-0.39, 0.29) is 16.6 Å². The van der Waals surface area contributed by atoms with Crippen molar-refractivity contribution in [2.24, 2.45) is 5.92 Å². The fourth-order valence-corrected chi connectivity index (χ4v) is 3.73. The normalized spacial score (nSPS) is 12.6. The summed E-state index contributed by atoms with van der Waals surface area (Å²) >= 11 is 0. The Morgan fingerprint density at radius 2 is 1.75 bits per heavy atom. The van der Waals surface area contributed by atoms with Gasteiger partial charge in [-0.15, -0.1) is 0 Å². The minimum atomic E-state index is -3.65. The Hall–Kier alpha value is -2.05. The van der Waals surface area contributed by atoms with Crippen molar-refractivity contribution < 1.29 is 17.9 Å². The van der Waals surface area contributed by atoms with E-state index in [4.69, 9.17) is 9.47 Å². The molecule has 2 rings (SSSR count). The summed E-state index contributed by atoms with van der Waals surface area (Å²) in [5, 5.41) is 0. The molecular weight excluding hydrogens is 326 g/mol. The molecule has 0 amide bonds. The Balaban J connectivity index is 2.06. The lowest BCUT2D eigenvalue weighted by molar-refractivity contribution is 0.385. The van der Waals surface area contributed by atoms with Gasteiger partial charge in [0, 0.05) is 12.6 Å². The van der Waals surface area contributed by atoms with Gasteiger partial charge in [-0.05, 0) is 30.0 Å². The Bertz CT molecular complexity index is 760. The van der Waals surface area contributed by atoms with E-state index in [1.807, 2.05) is 37.3 Å². The van der Waals surface area contributed by atoms with Crippen molar-refractivity contribution in [2.45, 2.75) is 18.2 Å². The quantitative estimate of drug-likeness (QED) is 0.796. The number of benzene rings is 2. The maximum absolute atomic E-state index is 12.5. The highest BCUT2D eigenvalue weighted by Gasteiger charge is 2.20. The Labute approximate surface area is 143 Å². The number of nitrogens with one attached hydrogen (secondary N) is 1. The van der Waals surface area contributed by atoms with E-state index in [0.717, 1.165) is 6.42 Å². The molecule has 0 radical (unpaired) electrons. The van der Waals surface area contributed by atoms with Gasteiger partial charge in [0.1, 0.15) is 16.4 Å². The summed E-state index contributed by atoms with van der Waals surface area (Å²) in [5.74, 6) is 0.979. The molecule has 0 aliphatic rings. The minimum absolute atomic E-state index is 0.109. The third-order valence-electron chi connectivity index (χ3n) is 3.71. The second kappa shape index (κ2) is 8.17.